The van der Waals surface area contributed by atoms with Crippen LogP contribution in [-0.4, -0.2) is 70.2 Å². The molecule has 6 rings (SSSR count). The van der Waals surface area contributed by atoms with Crippen LogP contribution < -0.4 is 21.3 Å². The molecular weight excluding hydrogens is 502 g/mol. The van der Waals surface area contributed by atoms with Gasteiger partial charge >= 0.3 is 0 Å². The topological polar surface area (TPSA) is 120 Å². The summed E-state index contributed by atoms with van der Waals surface area (Å²) in [6.45, 7) is 8.55. The molecule has 3 saturated carbocycles. The monoisotopic (exact) mass is 547 g/mol. The van der Waals surface area contributed by atoms with Crippen molar-refractivity contribution in [2.75, 3.05) is 41.7 Å². The van der Waals surface area contributed by atoms with Crippen LogP contribution in [0.3, 0.4) is 0 Å². The lowest BCUT2D eigenvalue weighted by Crippen LogP contribution is -2.51. The Morgan fingerprint density at radius 1 is 1.02 bits per heavy atom. The molecule has 2 bridgehead atoms. The third kappa shape index (κ3) is 5.63. The van der Waals surface area contributed by atoms with Crippen molar-refractivity contribution in [1.82, 2.24) is 14.9 Å². The summed E-state index contributed by atoms with van der Waals surface area (Å²) in [6, 6.07) is 7.39. The number of nitrogens with two attached hydrogens (primary N) is 1. The number of carbonyl (C=O) groups excluding carboxylic acids is 1. The van der Waals surface area contributed by atoms with Gasteiger partial charge in [-0.2, -0.15) is 0 Å². The van der Waals surface area contributed by atoms with E-state index in [0.29, 0.717) is 18.1 Å². The van der Waals surface area contributed by atoms with Crippen LogP contribution >= 0.6 is 0 Å². The molecule has 2 heterocycles. The summed E-state index contributed by atoms with van der Waals surface area (Å²) in [5, 5.41) is 16.7. The SMILES string of the molecule is CCc1nc(C(N)=O)c(Nc2ccc(N3CCN(C4CC5CCC4C5)CC3)c(C)c2)nc1N[C@H]1CC[C@H](O)CC1. The van der Waals surface area contributed by atoms with Crippen molar-refractivity contribution in [2.24, 2.45) is 17.6 Å². The van der Waals surface area contributed by atoms with Gasteiger partial charge in [-0.25, -0.2) is 9.97 Å². The average Bonchev–Trinajstić information content (AvgIpc) is 3.59. The van der Waals surface area contributed by atoms with E-state index in [1.165, 1.54) is 36.9 Å². The molecule has 9 nitrogen and oxygen atoms in total. The molecule has 0 radical (unpaired) electrons. The Hall–Kier alpha value is -2.91. The zero-order valence-corrected chi connectivity index (χ0v) is 24.0. The lowest BCUT2D eigenvalue weighted by molar-refractivity contribution is 0.0996. The molecule has 3 aliphatic carbocycles. The molecule has 3 atom stereocenters. The Balaban J connectivity index is 1.15. The Morgan fingerprint density at radius 2 is 1.80 bits per heavy atom. The number of fused-ring (bicyclic) bond motifs is 2. The number of nitrogens with zero attached hydrogens (tertiary/aromatic N) is 4. The Morgan fingerprint density at radius 3 is 2.42 bits per heavy atom. The van der Waals surface area contributed by atoms with Crippen LogP contribution in [0.1, 0.15) is 80.0 Å². The van der Waals surface area contributed by atoms with Crippen molar-refractivity contribution >= 4 is 28.9 Å². The average molecular weight is 548 g/mol. The molecule has 4 fully saturated rings. The largest absolute Gasteiger partial charge is 0.393 e. The van der Waals surface area contributed by atoms with E-state index >= 15 is 0 Å². The van der Waals surface area contributed by atoms with Gasteiger partial charge in [-0.15, -0.1) is 0 Å². The van der Waals surface area contributed by atoms with Crippen molar-refractivity contribution in [3.63, 3.8) is 0 Å². The van der Waals surface area contributed by atoms with Gasteiger partial charge in [-0.05, 0) is 93.9 Å². The van der Waals surface area contributed by atoms with Crippen LogP contribution in [0.4, 0.5) is 23.0 Å². The highest BCUT2D eigenvalue weighted by Gasteiger charge is 2.42. The minimum Gasteiger partial charge on any atom is -0.393 e. The Kier molecular flexibility index (Phi) is 7.86. The summed E-state index contributed by atoms with van der Waals surface area (Å²) in [5.74, 6) is 2.38. The number of nitrogens with one attached hydrogen (secondary N) is 2. The van der Waals surface area contributed by atoms with Gasteiger partial charge in [0, 0.05) is 49.6 Å². The van der Waals surface area contributed by atoms with Crippen molar-refractivity contribution in [3.05, 3.63) is 35.2 Å². The van der Waals surface area contributed by atoms with Gasteiger partial charge in [0.05, 0.1) is 11.8 Å². The van der Waals surface area contributed by atoms with E-state index in [-0.39, 0.29) is 17.8 Å². The maximum absolute atomic E-state index is 12.3. The molecule has 1 aliphatic heterocycles. The third-order valence-corrected chi connectivity index (χ3v) is 9.86. The van der Waals surface area contributed by atoms with Gasteiger partial charge < -0.3 is 26.4 Å². The predicted octanol–water partition coefficient (Wildman–Crippen LogP) is 4.22. The minimum atomic E-state index is -0.598. The number of benzene rings is 1. The van der Waals surface area contributed by atoms with Crippen molar-refractivity contribution in [1.29, 1.82) is 0 Å². The molecule has 216 valence electrons. The van der Waals surface area contributed by atoms with E-state index in [1.54, 1.807) is 0 Å². The van der Waals surface area contributed by atoms with E-state index < -0.39 is 5.91 Å². The van der Waals surface area contributed by atoms with Crippen molar-refractivity contribution < 1.29 is 9.90 Å². The number of aliphatic hydroxyl groups is 1. The van der Waals surface area contributed by atoms with E-state index in [4.69, 9.17) is 10.7 Å². The fraction of sp³-hybridized carbons (Fsp3) is 0.645. The zero-order chi connectivity index (χ0) is 27.8. The normalized spacial score (nSPS) is 28.6. The van der Waals surface area contributed by atoms with Gasteiger partial charge in [0.25, 0.3) is 5.91 Å². The highest BCUT2D eigenvalue weighted by molar-refractivity contribution is 5.96. The number of amides is 1. The third-order valence-electron chi connectivity index (χ3n) is 9.86. The zero-order valence-electron chi connectivity index (χ0n) is 24.0. The molecule has 1 aromatic heterocycles. The highest BCUT2D eigenvalue weighted by atomic mass is 16.3. The molecule has 40 heavy (non-hydrogen) atoms. The Bertz CT molecular complexity index is 1220. The second-order valence-electron chi connectivity index (χ2n) is 12.5. The van der Waals surface area contributed by atoms with E-state index in [1.807, 2.05) is 6.92 Å². The quantitative estimate of drug-likeness (QED) is 0.388. The summed E-state index contributed by atoms with van der Waals surface area (Å²) in [7, 11) is 0. The number of hydrogen-bond donors (Lipinski definition) is 4. The minimum absolute atomic E-state index is 0.153. The number of carbonyl (C=O) groups is 1. The fourth-order valence-electron chi connectivity index (χ4n) is 7.68. The fourth-order valence-corrected chi connectivity index (χ4v) is 7.68. The summed E-state index contributed by atoms with van der Waals surface area (Å²) < 4.78 is 0. The van der Waals surface area contributed by atoms with Crippen LogP contribution in [0.5, 0.6) is 0 Å². The number of aromatic nitrogens is 2. The first-order chi connectivity index (χ1) is 19.4. The van der Waals surface area contributed by atoms with Gasteiger partial charge in [-0.1, -0.05) is 13.3 Å². The highest BCUT2D eigenvalue weighted by Crippen LogP contribution is 2.47. The number of primary amides is 1. The second-order valence-corrected chi connectivity index (χ2v) is 12.5. The van der Waals surface area contributed by atoms with Crippen LogP contribution in [0.25, 0.3) is 0 Å². The van der Waals surface area contributed by atoms with Crippen LogP contribution in [-0.2, 0) is 6.42 Å². The molecule has 1 amide bonds. The molecule has 3 unspecified atom stereocenters. The molecule has 2 aromatic rings. The van der Waals surface area contributed by atoms with Gasteiger partial charge in [-0.3, -0.25) is 9.69 Å². The predicted molar refractivity (Wildman–Crippen MR) is 159 cm³/mol. The van der Waals surface area contributed by atoms with E-state index in [9.17, 15) is 9.90 Å². The number of piperazine rings is 1. The smallest absolute Gasteiger partial charge is 0.271 e. The Labute approximate surface area is 237 Å². The molecule has 4 aliphatic rings. The molecule has 5 N–H and O–H groups in total. The lowest BCUT2D eigenvalue weighted by Gasteiger charge is -2.42. The standard InChI is InChI=1S/C31H45N7O2/c1-3-25-30(33-22-6-9-24(39)10-7-22)36-31(28(35-25)29(32)40)34-23-8-11-26(19(2)16-23)37-12-14-38(15-13-37)27-18-20-4-5-21(27)17-20/h8,11,16,20-22,24,27,39H,3-7,9-10,12-15,17-18H2,1-2H3,(H2,32,40)(H2,33,34,36)/t20?,21?,22-,24-,27?. The number of anilines is 4. The molecular formula is C31H45N7O2. The van der Waals surface area contributed by atoms with Crippen LogP contribution in [0.2, 0.25) is 0 Å². The van der Waals surface area contributed by atoms with Crippen molar-refractivity contribution in [2.45, 2.75) is 89.8 Å². The van der Waals surface area contributed by atoms with Gasteiger partial charge in [0.1, 0.15) is 5.82 Å². The molecule has 1 aromatic carbocycles. The maximum atomic E-state index is 12.3. The first-order valence-electron chi connectivity index (χ1n) is 15.4. The summed E-state index contributed by atoms with van der Waals surface area (Å²) in [4.78, 5) is 27.0. The van der Waals surface area contributed by atoms with Gasteiger partial charge in [0.15, 0.2) is 11.5 Å². The number of aliphatic hydroxyl groups excluding tert-OH is 1. The molecule has 1 saturated heterocycles. The first-order valence-corrected chi connectivity index (χ1v) is 15.4. The second kappa shape index (κ2) is 11.5. The number of hydrogen-bond acceptors (Lipinski definition) is 8. The van der Waals surface area contributed by atoms with Crippen LogP contribution in [0.15, 0.2) is 18.2 Å². The summed E-state index contributed by atoms with van der Waals surface area (Å²) in [5.41, 5.74) is 9.92. The summed E-state index contributed by atoms with van der Waals surface area (Å²) in [6.07, 6.45) is 9.50. The van der Waals surface area contributed by atoms with E-state index in [0.717, 1.165) is 81.1 Å². The van der Waals surface area contributed by atoms with E-state index in [2.05, 4.69) is 50.5 Å². The lowest BCUT2D eigenvalue weighted by atomic mass is 9.93. The molecule has 9 heteroatoms. The van der Waals surface area contributed by atoms with Crippen molar-refractivity contribution in [3.8, 4) is 0 Å². The first kappa shape index (κ1) is 27.3. The van der Waals surface area contributed by atoms with Crippen LogP contribution in [0, 0.1) is 18.8 Å². The van der Waals surface area contributed by atoms with Gasteiger partial charge in [0.2, 0.25) is 0 Å². The summed E-state index contributed by atoms with van der Waals surface area (Å²) >= 11 is 0. The maximum Gasteiger partial charge on any atom is 0.271 e. The molecule has 0 spiro atoms. The number of rotatable bonds is 8. The number of aryl methyl sites for hydroxylation is 2.